The fourth-order valence-corrected chi connectivity index (χ4v) is 2.85. The average Bonchev–Trinajstić information content (AvgIpc) is 2.88. The Balaban J connectivity index is 1.62. The van der Waals surface area contributed by atoms with Crippen molar-refractivity contribution in [1.82, 2.24) is 10.3 Å². The van der Waals surface area contributed by atoms with Gasteiger partial charge in [-0.3, -0.25) is 0 Å². The number of thiazole rings is 1. The fourth-order valence-electron chi connectivity index (χ4n) is 2.10. The van der Waals surface area contributed by atoms with Crippen molar-refractivity contribution >= 4 is 11.3 Å². The molecule has 1 aliphatic rings. The quantitative estimate of drug-likeness (QED) is 0.745. The van der Waals surface area contributed by atoms with E-state index in [1.54, 1.807) is 11.3 Å². The summed E-state index contributed by atoms with van der Waals surface area (Å²) < 4.78 is 11.3. The number of hydrogen-bond acceptors (Lipinski definition) is 5. The maximum absolute atomic E-state index is 5.70. The van der Waals surface area contributed by atoms with Gasteiger partial charge in [-0.25, -0.2) is 4.98 Å². The van der Waals surface area contributed by atoms with E-state index >= 15 is 0 Å². The summed E-state index contributed by atoms with van der Waals surface area (Å²) in [5.41, 5.74) is 1.04. The number of nitrogens with zero attached hydrogens (tertiary/aromatic N) is 1. The lowest BCUT2D eigenvalue weighted by atomic mass is 10.1. The molecule has 1 N–H and O–H groups in total. The van der Waals surface area contributed by atoms with E-state index in [9.17, 15) is 0 Å². The highest BCUT2D eigenvalue weighted by Crippen LogP contribution is 2.14. The van der Waals surface area contributed by atoms with Crippen LogP contribution in [0.1, 0.15) is 43.3 Å². The van der Waals surface area contributed by atoms with E-state index in [-0.39, 0.29) is 6.10 Å². The number of ether oxygens (including phenoxy) is 2. The Morgan fingerprint density at radius 1 is 1.53 bits per heavy atom. The van der Waals surface area contributed by atoms with Crippen molar-refractivity contribution in [3.8, 4) is 0 Å². The zero-order valence-corrected chi connectivity index (χ0v) is 12.5. The SMILES string of the molecule is CCCNCc1nc(COCC2CCCCO2)cs1. The van der Waals surface area contributed by atoms with E-state index in [4.69, 9.17) is 9.47 Å². The van der Waals surface area contributed by atoms with Gasteiger partial charge < -0.3 is 14.8 Å². The van der Waals surface area contributed by atoms with Crippen LogP contribution in [-0.2, 0) is 22.6 Å². The molecule has 0 bridgehead atoms. The molecule has 19 heavy (non-hydrogen) atoms. The zero-order chi connectivity index (χ0) is 13.3. The fraction of sp³-hybridized carbons (Fsp3) is 0.786. The van der Waals surface area contributed by atoms with Gasteiger partial charge in [0.15, 0.2) is 0 Å². The Morgan fingerprint density at radius 2 is 2.47 bits per heavy atom. The predicted molar refractivity (Wildman–Crippen MR) is 77.4 cm³/mol. The first-order valence-electron chi connectivity index (χ1n) is 7.22. The molecule has 0 amide bonds. The number of hydrogen-bond donors (Lipinski definition) is 1. The van der Waals surface area contributed by atoms with Gasteiger partial charge in [0.05, 0.1) is 25.0 Å². The summed E-state index contributed by atoms with van der Waals surface area (Å²) in [6.45, 7) is 6.26. The third-order valence-corrected chi connectivity index (χ3v) is 4.03. The van der Waals surface area contributed by atoms with Crippen molar-refractivity contribution in [3.05, 3.63) is 16.1 Å². The second-order valence-electron chi connectivity index (χ2n) is 4.91. The molecule has 4 nitrogen and oxygen atoms in total. The van der Waals surface area contributed by atoms with Gasteiger partial charge >= 0.3 is 0 Å². The van der Waals surface area contributed by atoms with Crippen LogP contribution in [0.25, 0.3) is 0 Å². The molecule has 1 aliphatic heterocycles. The van der Waals surface area contributed by atoms with Crippen LogP contribution in [0.3, 0.4) is 0 Å². The van der Waals surface area contributed by atoms with E-state index in [2.05, 4.69) is 22.6 Å². The molecular weight excluding hydrogens is 260 g/mol. The summed E-state index contributed by atoms with van der Waals surface area (Å²) in [6.07, 6.45) is 5.03. The number of rotatable bonds is 8. The normalized spacial score (nSPS) is 19.7. The largest absolute Gasteiger partial charge is 0.376 e. The van der Waals surface area contributed by atoms with E-state index in [0.717, 1.165) is 43.2 Å². The Hall–Kier alpha value is -0.490. The maximum atomic E-state index is 5.70. The first-order chi connectivity index (χ1) is 9.38. The monoisotopic (exact) mass is 284 g/mol. The molecule has 1 fully saturated rings. The van der Waals surface area contributed by atoms with E-state index in [1.807, 2.05) is 0 Å². The van der Waals surface area contributed by atoms with Crippen LogP contribution < -0.4 is 5.32 Å². The van der Waals surface area contributed by atoms with Crippen molar-refractivity contribution in [3.63, 3.8) is 0 Å². The molecule has 2 rings (SSSR count). The van der Waals surface area contributed by atoms with E-state index in [0.29, 0.717) is 13.2 Å². The first-order valence-corrected chi connectivity index (χ1v) is 8.09. The van der Waals surface area contributed by atoms with Gasteiger partial charge in [0.2, 0.25) is 0 Å². The molecule has 0 saturated carbocycles. The lowest BCUT2D eigenvalue weighted by molar-refractivity contribution is -0.0452. The van der Waals surface area contributed by atoms with E-state index in [1.165, 1.54) is 12.8 Å². The summed E-state index contributed by atoms with van der Waals surface area (Å²) in [7, 11) is 0. The number of aromatic nitrogens is 1. The summed E-state index contributed by atoms with van der Waals surface area (Å²) in [6, 6.07) is 0. The predicted octanol–water partition coefficient (Wildman–Crippen LogP) is 2.73. The Morgan fingerprint density at radius 3 is 3.26 bits per heavy atom. The van der Waals surface area contributed by atoms with Crippen LogP contribution in [0.15, 0.2) is 5.38 Å². The van der Waals surface area contributed by atoms with Crippen molar-refractivity contribution in [2.45, 2.75) is 51.9 Å². The van der Waals surface area contributed by atoms with Crippen LogP contribution in [0, 0.1) is 0 Å². The summed E-state index contributed by atoms with van der Waals surface area (Å²) in [4.78, 5) is 4.55. The molecule has 1 atom stereocenters. The Kier molecular flexibility index (Phi) is 6.78. The van der Waals surface area contributed by atoms with Crippen molar-refractivity contribution in [2.75, 3.05) is 19.8 Å². The molecule has 108 valence electrons. The van der Waals surface area contributed by atoms with Crippen LogP contribution in [0.4, 0.5) is 0 Å². The Labute approximate surface area is 119 Å². The summed E-state index contributed by atoms with van der Waals surface area (Å²) in [5, 5.41) is 6.59. The molecule has 1 saturated heterocycles. The van der Waals surface area contributed by atoms with Crippen LogP contribution in [0.5, 0.6) is 0 Å². The van der Waals surface area contributed by atoms with Crippen LogP contribution >= 0.6 is 11.3 Å². The highest BCUT2D eigenvalue weighted by Gasteiger charge is 2.13. The smallest absolute Gasteiger partial charge is 0.107 e. The third kappa shape index (κ3) is 5.57. The molecule has 1 unspecified atom stereocenters. The zero-order valence-electron chi connectivity index (χ0n) is 11.7. The van der Waals surface area contributed by atoms with Gasteiger partial charge in [0.25, 0.3) is 0 Å². The third-order valence-electron chi connectivity index (χ3n) is 3.13. The topological polar surface area (TPSA) is 43.4 Å². The van der Waals surface area contributed by atoms with Crippen LogP contribution in [-0.4, -0.2) is 30.8 Å². The van der Waals surface area contributed by atoms with Crippen molar-refractivity contribution in [2.24, 2.45) is 0 Å². The highest BCUT2D eigenvalue weighted by atomic mass is 32.1. The van der Waals surface area contributed by atoms with Crippen molar-refractivity contribution in [1.29, 1.82) is 0 Å². The Bertz CT molecular complexity index is 351. The summed E-state index contributed by atoms with van der Waals surface area (Å²) >= 11 is 1.70. The molecule has 0 aliphatic carbocycles. The van der Waals surface area contributed by atoms with Crippen LogP contribution in [0.2, 0.25) is 0 Å². The first kappa shape index (κ1) is 14.9. The summed E-state index contributed by atoms with van der Waals surface area (Å²) in [5.74, 6) is 0. The molecule has 1 aromatic rings. The lowest BCUT2D eigenvalue weighted by Crippen LogP contribution is -2.24. The van der Waals surface area contributed by atoms with Gasteiger partial charge in [-0.05, 0) is 32.2 Å². The van der Waals surface area contributed by atoms with Crippen molar-refractivity contribution < 1.29 is 9.47 Å². The molecule has 2 heterocycles. The molecule has 5 heteroatoms. The van der Waals surface area contributed by atoms with E-state index < -0.39 is 0 Å². The minimum absolute atomic E-state index is 0.290. The molecule has 0 aromatic carbocycles. The highest BCUT2D eigenvalue weighted by molar-refractivity contribution is 7.09. The molecular formula is C14H24N2O2S. The minimum atomic E-state index is 0.290. The van der Waals surface area contributed by atoms with Gasteiger partial charge in [0, 0.05) is 18.5 Å². The molecule has 0 radical (unpaired) electrons. The van der Waals surface area contributed by atoms with Gasteiger partial charge in [-0.2, -0.15) is 0 Å². The molecule has 0 spiro atoms. The number of nitrogens with one attached hydrogen (secondary N) is 1. The van der Waals surface area contributed by atoms with Gasteiger partial charge in [0.1, 0.15) is 5.01 Å². The minimum Gasteiger partial charge on any atom is -0.376 e. The second kappa shape index (κ2) is 8.64. The standard InChI is InChI=1S/C14H24N2O2S/c1-2-6-15-8-14-16-12(11-19-14)9-17-10-13-5-3-4-7-18-13/h11,13,15H,2-10H2,1H3. The second-order valence-corrected chi connectivity index (χ2v) is 5.86. The lowest BCUT2D eigenvalue weighted by Gasteiger charge is -2.22. The average molecular weight is 284 g/mol. The molecule has 1 aromatic heterocycles. The van der Waals surface area contributed by atoms with Gasteiger partial charge in [-0.15, -0.1) is 11.3 Å². The maximum Gasteiger partial charge on any atom is 0.107 e. The van der Waals surface area contributed by atoms with Gasteiger partial charge in [-0.1, -0.05) is 6.92 Å².